The van der Waals surface area contributed by atoms with E-state index in [1.807, 2.05) is 0 Å². The van der Waals surface area contributed by atoms with Crippen LogP contribution in [0, 0.1) is 11.8 Å². The van der Waals surface area contributed by atoms with Gasteiger partial charge in [0.15, 0.2) is 5.96 Å². The second-order valence-electron chi connectivity index (χ2n) is 6.25. The quantitative estimate of drug-likeness (QED) is 0.587. The second kappa shape index (κ2) is 7.13. The van der Waals surface area contributed by atoms with Gasteiger partial charge in [0.25, 0.3) is 0 Å². The molecule has 1 saturated heterocycles. The zero-order valence-electron chi connectivity index (χ0n) is 12.8. The number of hydrogen-bond donors (Lipinski definition) is 2. The molecule has 2 rings (SSSR count). The van der Waals surface area contributed by atoms with Gasteiger partial charge < -0.3 is 15.5 Å². The molecule has 19 heavy (non-hydrogen) atoms. The van der Waals surface area contributed by atoms with Crippen molar-refractivity contribution in [3.8, 4) is 0 Å². The van der Waals surface area contributed by atoms with Crippen LogP contribution in [0.3, 0.4) is 0 Å². The molecule has 1 aliphatic heterocycles. The number of piperidine rings is 1. The first kappa shape index (κ1) is 14.6. The highest BCUT2D eigenvalue weighted by molar-refractivity contribution is 5.80. The summed E-state index contributed by atoms with van der Waals surface area (Å²) in [5, 5.41) is 6.85. The summed E-state index contributed by atoms with van der Waals surface area (Å²) in [6.45, 7) is 12.2. The lowest BCUT2D eigenvalue weighted by Crippen LogP contribution is -2.40. The van der Waals surface area contributed by atoms with E-state index in [4.69, 9.17) is 4.99 Å². The zero-order chi connectivity index (χ0) is 13.7. The number of rotatable bonds is 5. The molecule has 2 fully saturated rings. The van der Waals surface area contributed by atoms with Crippen molar-refractivity contribution in [2.45, 2.75) is 46.1 Å². The Hall–Kier alpha value is -0.770. The zero-order valence-corrected chi connectivity index (χ0v) is 12.8. The van der Waals surface area contributed by atoms with Crippen molar-refractivity contribution in [3.05, 3.63) is 0 Å². The molecule has 1 aliphatic carbocycles. The molecule has 0 bridgehead atoms. The molecule has 2 atom stereocenters. The fourth-order valence-electron chi connectivity index (χ4n) is 2.61. The topological polar surface area (TPSA) is 39.7 Å². The molecule has 0 aromatic heterocycles. The van der Waals surface area contributed by atoms with Crippen LogP contribution in [0.5, 0.6) is 0 Å². The van der Waals surface area contributed by atoms with Crippen LogP contribution in [0.4, 0.5) is 0 Å². The maximum absolute atomic E-state index is 4.69. The molecule has 0 aromatic carbocycles. The molecule has 2 N–H and O–H groups in total. The van der Waals surface area contributed by atoms with Crippen molar-refractivity contribution < 1.29 is 0 Å². The number of aliphatic imine (C=N–C) groups is 1. The largest absolute Gasteiger partial charge is 0.357 e. The van der Waals surface area contributed by atoms with Crippen LogP contribution >= 0.6 is 0 Å². The Morgan fingerprint density at radius 1 is 1.26 bits per heavy atom. The molecule has 110 valence electrons. The van der Waals surface area contributed by atoms with E-state index in [-0.39, 0.29) is 0 Å². The van der Waals surface area contributed by atoms with Gasteiger partial charge in [-0.25, -0.2) is 0 Å². The van der Waals surface area contributed by atoms with Crippen molar-refractivity contribution in [3.63, 3.8) is 0 Å². The predicted octanol–water partition coefficient (Wildman–Crippen LogP) is 1.68. The Bertz CT molecular complexity index is 295. The van der Waals surface area contributed by atoms with Crippen molar-refractivity contribution >= 4 is 5.96 Å². The van der Waals surface area contributed by atoms with E-state index >= 15 is 0 Å². The Balaban J connectivity index is 1.68. The predicted molar refractivity (Wildman–Crippen MR) is 81.5 cm³/mol. The Labute approximate surface area is 118 Å². The van der Waals surface area contributed by atoms with Crippen LogP contribution in [-0.2, 0) is 0 Å². The first-order valence-corrected chi connectivity index (χ1v) is 7.96. The molecule has 2 unspecified atom stereocenters. The third kappa shape index (κ3) is 5.01. The number of hydrogen-bond acceptors (Lipinski definition) is 2. The van der Waals surface area contributed by atoms with Crippen LogP contribution in [0.25, 0.3) is 0 Å². The Morgan fingerprint density at radius 3 is 2.53 bits per heavy atom. The molecule has 1 saturated carbocycles. The van der Waals surface area contributed by atoms with E-state index in [0.717, 1.165) is 37.4 Å². The van der Waals surface area contributed by atoms with Gasteiger partial charge in [-0.15, -0.1) is 0 Å². The van der Waals surface area contributed by atoms with Gasteiger partial charge in [0.2, 0.25) is 0 Å². The minimum absolute atomic E-state index is 0.647. The third-order valence-electron chi connectivity index (χ3n) is 4.34. The molecule has 4 nitrogen and oxygen atoms in total. The lowest BCUT2D eigenvalue weighted by atomic mass is 9.99. The average molecular weight is 266 g/mol. The fourth-order valence-corrected chi connectivity index (χ4v) is 2.61. The first-order chi connectivity index (χ1) is 9.19. The number of nitrogens with zero attached hydrogens (tertiary/aromatic N) is 2. The first-order valence-electron chi connectivity index (χ1n) is 7.96. The summed E-state index contributed by atoms with van der Waals surface area (Å²) in [7, 11) is 0. The highest BCUT2D eigenvalue weighted by Crippen LogP contribution is 2.28. The molecule has 0 spiro atoms. The monoisotopic (exact) mass is 266 g/mol. The number of likely N-dealkylation sites (tertiary alicyclic amines) is 1. The standard InChI is InChI=1S/C15H30N4/c1-4-16-15(18-14-11-13(14)3)17-7-10-19-8-5-12(2)6-9-19/h12-14H,4-11H2,1-3H3,(H2,16,17,18). The van der Waals surface area contributed by atoms with Crippen molar-refractivity contribution in [1.82, 2.24) is 15.5 Å². The Morgan fingerprint density at radius 2 is 1.95 bits per heavy atom. The molecular weight excluding hydrogens is 236 g/mol. The van der Waals surface area contributed by atoms with Gasteiger partial charge in [0, 0.05) is 19.1 Å². The van der Waals surface area contributed by atoms with Crippen LogP contribution in [0.1, 0.15) is 40.0 Å². The minimum Gasteiger partial charge on any atom is -0.357 e. The second-order valence-corrected chi connectivity index (χ2v) is 6.25. The fraction of sp³-hybridized carbons (Fsp3) is 0.933. The molecule has 4 heteroatoms. The summed E-state index contributed by atoms with van der Waals surface area (Å²) in [6, 6.07) is 0.647. The van der Waals surface area contributed by atoms with Gasteiger partial charge in [-0.05, 0) is 51.1 Å². The highest BCUT2D eigenvalue weighted by atomic mass is 15.2. The maximum atomic E-state index is 4.69. The van der Waals surface area contributed by atoms with Gasteiger partial charge in [-0.2, -0.15) is 0 Å². The van der Waals surface area contributed by atoms with Gasteiger partial charge >= 0.3 is 0 Å². The van der Waals surface area contributed by atoms with E-state index in [1.54, 1.807) is 0 Å². The maximum Gasteiger partial charge on any atom is 0.191 e. The molecule has 0 aromatic rings. The number of nitrogens with one attached hydrogen (secondary N) is 2. The third-order valence-corrected chi connectivity index (χ3v) is 4.34. The van der Waals surface area contributed by atoms with E-state index in [1.165, 1.54) is 32.4 Å². The van der Waals surface area contributed by atoms with Crippen LogP contribution < -0.4 is 10.6 Å². The lowest BCUT2D eigenvalue weighted by molar-refractivity contribution is 0.197. The minimum atomic E-state index is 0.647. The highest BCUT2D eigenvalue weighted by Gasteiger charge is 2.33. The van der Waals surface area contributed by atoms with Crippen molar-refractivity contribution in [1.29, 1.82) is 0 Å². The molecule has 1 heterocycles. The van der Waals surface area contributed by atoms with Gasteiger partial charge in [-0.1, -0.05) is 13.8 Å². The molecule has 2 aliphatic rings. The van der Waals surface area contributed by atoms with E-state index < -0.39 is 0 Å². The summed E-state index contributed by atoms with van der Waals surface area (Å²) in [6.07, 6.45) is 3.98. The Kier molecular flexibility index (Phi) is 5.49. The van der Waals surface area contributed by atoms with Crippen LogP contribution in [0.15, 0.2) is 4.99 Å². The smallest absolute Gasteiger partial charge is 0.191 e. The average Bonchev–Trinajstić information content (AvgIpc) is 3.07. The summed E-state index contributed by atoms with van der Waals surface area (Å²) in [5.74, 6) is 2.73. The van der Waals surface area contributed by atoms with E-state index in [9.17, 15) is 0 Å². The summed E-state index contributed by atoms with van der Waals surface area (Å²) in [4.78, 5) is 7.24. The van der Waals surface area contributed by atoms with Gasteiger partial charge in [0.05, 0.1) is 6.54 Å². The van der Waals surface area contributed by atoms with E-state index in [0.29, 0.717) is 6.04 Å². The SMILES string of the molecule is CCNC(=NCCN1CCC(C)CC1)NC1CC1C. The van der Waals surface area contributed by atoms with Crippen molar-refractivity contribution in [2.75, 3.05) is 32.7 Å². The normalized spacial score (nSPS) is 29.3. The summed E-state index contributed by atoms with van der Waals surface area (Å²) < 4.78 is 0. The number of guanidine groups is 1. The van der Waals surface area contributed by atoms with Crippen molar-refractivity contribution in [2.24, 2.45) is 16.8 Å². The molecule has 0 radical (unpaired) electrons. The molecular formula is C15H30N4. The summed E-state index contributed by atoms with van der Waals surface area (Å²) >= 11 is 0. The van der Waals surface area contributed by atoms with E-state index in [2.05, 4.69) is 36.3 Å². The van der Waals surface area contributed by atoms with Gasteiger partial charge in [0.1, 0.15) is 0 Å². The molecule has 0 amide bonds. The van der Waals surface area contributed by atoms with Crippen LogP contribution in [0.2, 0.25) is 0 Å². The lowest BCUT2D eigenvalue weighted by Gasteiger charge is -2.29. The summed E-state index contributed by atoms with van der Waals surface area (Å²) in [5.41, 5.74) is 0. The van der Waals surface area contributed by atoms with Crippen LogP contribution in [-0.4, -0.2) is 49.6 Å². The van der Waals surface area contributed by atoms with Gasteiger partial charge in [-0.3, -0.25) is 4.99 Å².